The van der Waals surface area contributed by atoms with Gasteiger partial charge in [-0.1, -0.05) is 13.0 Å². The van der Waals surface area contributed by atoms with Crippen LogP contribution in [0.5, 0.6) is 0 Å². The van der Waals surface area contributed by atoms with Gasteiger partial charge in [0.15, 0.2) is 0 Å². The van der Waals surface area contributed by atoms with E-state index < -0.39 is 0 Å². The molecule has 0 saturated carbocycles. The van der Waals surface area contributed by atoms with Gasteiger partial charge in [0.25, 0.3) is 0 Å². The van der Waals surface area contributed by atoms with E-state index in [1.807, 2.05) is 41.8 Å². The van der Waals surface area contributed by atoms with E-state index >= 15 is 0 Å². The Morgan fingerprint density at radius 1 is 1.47 bits per heavy atom. The lowest BCUT2D eigenvalue weighted by Gasteiger charge is -2.25. The number of rotatable bonds is 2. The number of allylic oxidation sites excluding steroid dienone is 5. The minimum atomic E-state index is 0.276. The van der Waals surface area contributed by atoms with Crippen LogP contribution in [0.15, 0.2) is 59.9 Å². The quantitative estimate of drug-likeness (QED) is 0.760. The molecule has 2 rings (SSSR count). The van der Waals surface area contributed by atoms with Crippen LogP contribution in [-0.4, -0.2) is 12.1 Å². The first kappa shape index (κ1) is 11.4. The highest BCUT2D eigenvalue weighted by molar-refractivity contribution is 5.42. The number of hydrazine groups is 1. The first-order valence-corrected chi connectivity index (χ1v) is 5.54. The Morgan fingerprint density at radius 3 is 2.94 bits per heavy atom. The van der Waals surface area contributed by atoms with Crippen molar-refractivity contribution in [3.63, 3.8) is 0 Å². The second-order valence-electron chi connectivity index (χ2n) is 3.96. The highest BCUT2D eigenvalue weighted by Crippen LogP contribution is 2.28. The van der Waals surface area contributed by atoms with E-state index in [0.717, 1.165) is 11.3 Å². The van der Waals surface area contributed by atoms with Crippen LogP contribution in [0, 0.1) is 5.92 Å². The fraction of sp³-hybridized carbons (Fsp3) is 0.231. The van der Waals surface area contributed by atoms with E-state index in [4.69, 9.17) is 10.5 Å². The molecule has 0 aromatic rings. The molecule has 0 fully saturated rings. The topological polar surface area (TPSA) is 50.5 Å². The fourth-order valence-corrected chi connectivity index (χ4v) is 1.81. The number of hydrogen-bond acceptors (Lipinski definition) is 4. The molecule has 3 N–H and O–H groups in total. The predicted molar refractivity (Wildman–Crippen MR) is 67.9 cm³/mol. The minimum Gasteiger partial charge on any atom is -0.494 e. The van der Waals surface area contributed by atoms with Gasteiger partial charge in [-0.15, -0.1) is 0 Å². The molecular formula is C13H17N3O. The normalized spacial score (nSPS) is 25.4. The molecule has 0 radical (unpaired) electrons. The third-order valence-electron chi connectivity index (χ3n) is 2.74. The zero-order chi connectivity index (χ0) is 12.3. The summed E-state index contributed by atoms with van der Waals surface area (Å²) in [5.41, 5.74) is 10.7. The van der Waals surface area contributed by atoms with Crippen LogP contribution in [0.4, 0.5) is 0 Å². The van der Waals surface area contributed by atoms with Crippen molar-refractivity contribution >= 4 is 0 Å². The van der Waals surface area contributed by atoms with Gasteiger partial charge >= 0.3 is 0 Å². The SMILES string of the molecule is COC1=C(N)C=CC(C)C1=CN1C=CC=CN1. The molecule has 0 spiro atoms. The average Bonchev–Trinajstić information content (AvgIpc) is 2.35. The Morgan fingerprint density at radius 2 is 2.29 bits per heavy atom. The summed E-state index contributed by atoms with van der Waals surface area (Å²) in [6.45, 7) is 2.11. The third-order valence-corrected chi connectivity index (χ3v) is 2.74. The van der Waals surface area contributed by atoms with Gasteiger partial charge in [-0.2, -0.15) is 0 Å². The van der Waals surface area contributed by atoms with Crippen LogP contribution < -0.4 is 11.2 Å². The van der Waals surface area contributed by atoms with Crippen LogP contribution in [0.1, 0.15) is 6.92 Å². The van der Waals surface area contributed by atoms with E-state index in [2.05, 4.69) is 18.4 Å². The molecule has 0 aromatic heterocycles. The molecule has 0 aromatic carbocycles. The van der Waals surface area contributed by atoms with E-state index in [-0.39, 0.29) is 5.92 Å². The smallest absolute Gasteiger partial charge is 0.147 e. The summed E-state index contributed by atoms with van der Waals surface area (Å²) in [5, 5.41) is 1.87. The number of nitrogens with one attached hydrogen (secondary N) is 1. The number of methoxy groups -OCH3 is 1. The van der Waals surface area contributed by atoms with E-state index in [0.29, 0.717) is 5.70 Å². The number of ether oxygens (including phenoxy) is 1. The fourth-order valence-electron chi connectivity index (χ4n) is 1.81. The van der Waals surface area contributed by atoms with Gasteiger partial charge in [0.1, 0.15) is 5.76 Å². The molecule has 1 unspecified atom stereocenters. The van der Waals surface area contributed by atoms with Crippen molar-refractivity contribution in [1.29, 1.82) is 0 Å². The van der Waals surface area contributed by atoms with Gasteiger partial charge in [0, 0.05) is 30.1 Å². The monoisotopic (exact) mass is 231 g/mol. The molecule has 17 heavy (non-hydrogen) atoms. The van der Waals surface area contributed by atoms with Gasteiger partial charge < -0.3 is 15.9 Å². The Kier molecular flexibility index (Phi) is 3.23. The summed E-state index contributed by atoms with van der Waals surface area (Å²) in [4.78, 5) is 0. The summed E-state index contributed by atoms with van der Waals surface area (Å²) >= 11 is 0. The van der Waals surface area contributed by atoms with E-state index in [1.54, 1.807) is 7.11 Å². The molecule has 0 saturated heterocycles. The molecule has 2 aliphatic rings. The van der Waals surface area contributed by atoms with Gasteiger partial charge in [0.05, 0.1) is 12.8 Å². The second kappa shape index (κ2) is 4.82. The maximum Gasteiger partial charge on any atom is 0.147 e. The lowest BCUT2D eigenvalue weighted by molar-refractivity contribution is 0.287. The molecule has 0 bridgehead atoms. The molecule has 4 heteroatoms. The van der Waals surface area contributed by atoms with Crippen LogP contribution in [0.25, 0.3) is 0 Å². The molecule has 1 atom stereocenters. The van der Waals surface area contributed by atoms with Crippen molar-refractivity contribution in [2.24, 2.45) is 11.7 Å². The van der Waals surface area contributed by atoms with E-state index in [9.17, 15) is 0 Å². The zero-order valence-electron chi connectivity index (χ0n) is 10.1. The van der Waals surface area contributed by atoms with Gasteiger partial charge in [-0.05, 0) is 18.2 Å². The van der Waals surface area contributed by atoms with Crippen molar-refractivity contribution in [2.45, 2.75) is 6.92 Å². The molecule has 1 aliphatic heterocycles. The van der Waals surface area contributed by atoms with Crippen molar-refractivity contribution in [2.75, 3.05) is 7.11 Å². The Balaban J connectivity index is 2.29. The molecular weight excluding hydrogens is 214 g/mol. The molecule has 90 valence electrons. The van der Waals surface area contributed by atoms with Crippen molar-refractivity contribution < 1.29 is 4.74 Å². The number of nitrogens with zero attached hydrogens (tertiary/aromatic N) is 1. The van der Waals surface area contributed by atoms with Crippen LogP contribution in [-0.2, 0) is 4.74 Å². The predicted octanol–water partition coefficient (Wildman–Crippen LogP) is 1.74. The zero-order valence-corrected chi connectivity index (χ0v) is 10.1. The number of nitrogens with two attached hydrogens (primary N) is 1. The highest BCUT2D eigenvalue weighted by atomic mass is 16.5. The summed E-state index contributed by atoms with van der Waals surface area (Å²) in [6, 6.07) is 0. The lowest BCUT2D eigenvalue weighted by Crippen LogP contribution is -2.27. The van der Waals surface area contributed by atoms with Gasteiger partial charge in [-0.25, -0.2) is 0 Å². The summed E-state index contributed by atoms with van der Waals surface area (Å²) in [6.07, 6.45) is 13.6. The summed E-state index contributed by atoms with van der Waals surface area (Å²) < 4.78 is 5.37. The maximum absolute atomic E-state index is 5.90. The first-order valence-electron chi connectivity index (χ1n) is 5.54. The van der Waals surface area contributed by atoms with E-state index in [1.165, 1.54) is 0 Å². The number of hydrogen-bond donors (Lipinski definition) is 2. The van der Waals surface area contributed by atoms with Crippen LogP contribution >= 0.6 is 0 Å². The Hall–Kier alpha value is -2.10. The van der Waals surface area contributed by atoms with Crippen LogP contribution in [0.2, 0.25) is 0 Å². The Bertz CT molecular complexity index is 444. The molecule has 0 amide bonds. The summed E-state index contributed by atoms with van der Waals surface area (Å²) in [5.74, 6) is 1.02. The lowest BCUT2D eigenvalue weighted by atomic mass is 9.94. The van der Waals surface area contributed by atoms with Crippen molar-refractivity contribution in [3.05, 3.63) is 59.9 Å². The standard InChI is InChI=1S/C13H17N3O/c1-10-5-6-12(14)13(17-2)11(10)9-16-8-4-3-7-15-16/h3-10,15H,14H2,1-2H3. The highest BCUT2D eigenvalue weighted by Gasteiger charge is 2.19. The first-order chi connectivity index (χ1) is 8.22. The molecule has 1 heterocycles. The second-order valence-corrected chi connectivity index (χ2v) is 3.96. The maximum atomic E-state index is 5.90. The molecule has 4 nitrogen and oxygen atoms in total. The van der Waals surface area contributed by atoms with Crippen molar-refractivity contribution in [3.8, 4) is 0 Å². The average molecular weight is 231 g/mol. The summed E-state index contributed by atoms with van der Waals surface area (Å²) in [7, 11) is 1.64. The Labute approximate surface area is 101 Å². The van der Waals surface area contributed by atoms with Gasteiger partial charge in [-0.3, -0.25) is 5.01 Å². The van der Waals surface area contributed by atoms with Crippen LogP contribution in [0.3, 0.4) is 0 Å². The molecule has 1 aliphatic carbocycles. The largest absolute Gasteiger partial charge is 0.494 e. The minimum absolute atomic E-state index is 0.276. The third kappa shape index (κ3) is 2.36. The van der Waals surface area contributed by atoms with Crippen molar-refractivity contribution in [1.82, 2.24) is 10.4 Å². The van der Waals surface area contributed by atoms with Gasteiger partial charge in [0.2, 0.25) is 0 Å².